The van der Waals surface area contributed by atoms with Gasteiger partial charge in [-0.05, 0) is 24.5 Å². The molecule has 2 N–H and O–H groups in total. The van der Waals surface area contributed by atoms with Crippen LogP contribution in [0.3, 0.4) is 0 Å². The van der Waals surface area contributed by atoms with Gasteiger partial charge in [-0.15, -0.1) is 0 Å². The van der Waals surface area contributed by atoms with Gasteiger partial charge in [-0.25, -0.2) is 15.0 Å². The second-order valence-corrected chi connectivity index (χ2v) is 7.42. The van der Waals surface area contributed by atoms with E-state index >= 15 is 0 Å². The SMILES string of the molecule is Nc1ncnc2c(-c3cccc(Cl)c3Cl)cc(N3C[C@@H]4C[C@@H]4C3=O)nc12. The van der Waals surface area contributed by atoms with Crippen LogP contribution in [0, 0.1) is 11.8 Å². The summed E-state index contributed by atoms with van der Waals surface area (Å²) in [4.78, 5) is 27.2. The summed E-state index contributed by atoms with van der Waals surface area (Å²) < 4.78 is 0. The minimum Gasteiger partial charge on any atom is -0.382 e. The number of nitrogen functional groups attached to an aromatic ring is 1. The number of anilines is 2. The van der Waals surface area contributed by atoms with Crippen molar-refractivity contribution in [1.29, 1.82) is 0 Å². The molecule has 2 aliphatic rings. The van der Waals surface area contributed by atoms with E-state index in [-0.39, 0.29) is 17.6 Å². The smallest absolute Gasteiger partial charge is 0.231 e. The maximum absolute atomic E-state index is 12.5. The van der Waals surface area contributed by atoms with Crippen molar-refractivity contribution in [3.63, 3.8) is 0 Å². The Bertz CT molecular complexity index is 1090. The van der Waals surface area contributed by atoms with Crippen LogP contribution in [0.2, 0.25) is 10.0 Å². The summed E-state index contributed by atoms with van der Waals surface area (Å²) in [6.07, 6.45) is 2.36. The molecule has 26 heavy (non-hydrogen) atoms. The number of rotatable bonds is 2. The quantitative estimate of drug-likeness (QED) is 0.728. The summed E-state index contributed by atoms with van der Waals surface area (Å²) in [6.45, 7) is 0.679. The molecular formula is C18H13Cl2N5O. The Morgan fingerprint density at radius 1 is 1.15 bits per heavy atom. The lowest BCUT2D eigenvalue weighted by molar-refractivity contribution is -0.118. The zero-order chi connectivity index (χ0) is 18.0. The van der Waals surface area contributed by atoms with Gasteiger partial charge in [0.2, 0.25) is 5.91 Å². The molecule has 6 nitrogen and oxygen atoms in total. The van der Waals surface area contributed by atoms with Gasteiger partial charge in [-0.2, -0.15) is 0 Å². The molecule has 0 spiro atoms. The Kier molecular flexibility index (Phi) is 3.36. The van der Waals surface area contributed by atoms with Gasteiger partial charge < -0.3 is 5.73 Å². The van der Waals surface area contributed by atoms with Crippen molar-refractivity contribution >= 4 is 51.8 Å². The lowest BCUT2D eigenvalue weighted by atomic mass is 10.0. The Hall–Kier alpha value is -2.44. The molecular weight excluding hydrogens is 373 g/mol. The fourth-order valence-electron chi connectivity index (χ4n) is 3.58. The average Bonchev–Trinajstić information content (AvgIpc) is 3.34. The van der Waals surface area contributed by atoms with E-state index in [1.165, 1.54) is 6.33 Å². The standard InChI is InChI=1S/C18H13Cl2N5O/c19-12-3-1-2-9(14(12)20)11-5-13(25-6-8-4-10(8)18(25)26)24-16-15(11)22-7-23-17(16)21/h1-3,5,7-8,10H,4,6H2,(H2,21,22,23)/t8-,10-/m0/s1. The number of piperidine rings is 1. The molecule has 2 aromatic heterocycles. The topological polar surface area (TPSA) is 85.0 Å². The van der Waals surface area contributed by atoms with Crippen molar-refractivity contribution in [3.8, 4) is 11.1 Å². The first kappa shape index (κ1) is 15.8. The maximum Gasteiger partial charge on any atom is 0.231 e. The summed E-state index contributed by atoms with van der Waals surface area (Å²) in [6, 6.07) is 7.22. The van der Waals surface area contributed by atoms with E-state index < -0.39 is 0 Å². The minimum absolute atomic E-state index is 0.111. The largest absolute Gasteiger partial charge is 0.382 e. The van der Waals surface area contributed by atoms with Crippen molar-refractivity contribution in [2.75, 3.05) is 17.2 Å². The van der Waals surface area contributed by atoms with E-state index in [0.717, 1.165) is 12.0 Å². The first-order valence-corrected chi connectivity index (χ1v) is 8.97. The molecule has 2 atom stereocenters. The number of nitrogens with zero attached hydrogens (tertiary/aromatic N) is 4. The second kappa shape index (κ2) is 5.53. The zero-order valence-electron chi connectivity index (χ0n) is 13.5. The first-order chi connectivity index (χ1) is 12.5. The Morgan fingerprint density at radius 3 is 2.77 bits per heavy atom. The molecule has 1 aliphatic carbocycles. The molecule has 3 aromatic rings. The van der Waals surface area contributed by atoms with Gasteiger partial charge in [0.05, 0.1) is 10.0 Å². The Labute approximate surface area is 159 Å². The van der Waals surface area contributed by atoms with Crippen LogP contribution in [-0.2, 0) is 4.79 Å². The van der Waals surface area contributed by atoms with Gasteiger partial charge >= 0.3 is 0 Å². The number of benzene rings is 1. The number of amides is 1. The van der Waals surface area contributed by atoms with Crippen molar-refractivity contribution in [3.05, 3.63) is 40.6 Å². The number of fused-ring (bicyclic) bond motifs is 2. The number of hydrogen-bond donors (Lipinski definition) is 1. The molecule has 8 heteroatoms. The number of aromatic nitrogens is 3. The van der Waals surface area contributed by atoms with Gasteiger partial charge in [-0.1, -0.05) is 35.3 Å². The third-order valence-corrected chi connectivity index (χ3v) is 5.87. The summed E-state index contributed by atoms with van der Waals surface area (Å²) in [5.41, 5.74) is 8.49. The summed E-state index contributed by atoms with van der Waals surface area (Å²) in [5.74, 6) is 1.48. The van der Waals surface area contributed by atoms with E-state index in [1.54, 1.807) is 11.0 Å². The highest BCUT2D eigenvalue weighted by Gasteiger charge is 2.52. The van der Waals surface area contributed by atoms with Crippen LogP contribution in [0.15, 0.2) is 30.6 Å². The molecule has 1 aliphatic heterocycles. The highest BCUT2D eigenvalue weighted by atomic mass is 35.5. The van der Waals surface area contributed by atoms with E-state index in [2.05, 4.69) is 15.0 Å². The fraction of sp³-hybridized carbons (Fsp3) is 0.222. The van der Waals surface area contributed by atoms with E-state index in [0.29, 0.717) is 44.9 Å². The highest BCUT2D eigenvalue weighted by Crippen LogP contribution is 2.48. The van der Waals surface area contributed by atoms with Gasteiger partial charge in [0, 0.05) is 23.6 Å². The summed E-state index contributed by atoms with van der Waals surface area (Å²) in [5, 5.41) is 0.858. The number of hydrogen-bond acceptors (Lipinski definition) is 5. The summed E-state index contributed by atoms with van der Waals surface area (Å²) in [7, 11) is 0. The van der Waals surface area contributed by atoms with E-state index in [1.807, 2.05) is 18.2 Å². The van der Waals surface area contributed by atoms with Crippen LogP contribution in [0.1, 0.15) is 6.42 Å². The number of halogens is 2. The lowest BCUT2D eigenvalue weighted by Crippen LogP contribution is -2.28. The first-order valence-electron chi connectivity index (χ1n) is 8.21. The Balaban J connectivity index is 1.77. The van der Waals surface area contributed by atoms with Crippen molar-refractivity contribution in [2.24, 2.45) is 11.8 Å². The fourth-order valence-corrected chi connectivity index (χ4v) is 3.98. The van der Waals surface area contributed by atoms with Gasteiger partial charge in [0.25, 0.3) is 0 Å². The zero-order valence-corrected chi connectivity index (χ0v) is 15.0. The van der Waals surface area contributed by atoms with Crippen LogP contribution in [0.5, 0.6) is 0 Å². The van der Waals surface area contributed by atoms with Crippen LogP contribution in [0.4, 0.5) is 11.6 Å². The Morgan fingerprint density at radius 2 is 2.00 bits per heavy atom. The van der Waals surface area contributed by atoms with Crippen LogP contribution in [-0.4, -0.2) is 27.4 Å². The molecule has 5 rings (SSSR count). The molecule has 0 radical (unpaired) electrons. The molecule has 1 saturated carbocycles. The maximum atomic E-state index is 12.5. The molecule has 130 valence electrons. The third-order valence-electron chi connectivity index (χ3n) is 5.05. The molecule has 1 aromatic carbocycles. The van der Waals surface area contributed by atoms with Crippen LogP contribution < -0.4 is 10.6 Å². The molecule has 1 amide bonds. The van der Waals surface area contributed by atoms with Crippen molar-refractivity contribution < 1.29 is 4.79 Å². The molecule has 0 bridgehead atoms. The number of carbonyl (C=O) groups excluding carboxylic acids is 1. The molecule has 3 heterocycles. The van der Waals surface area contributed by atoms with Crippen LogP contribution in [0.25, 0.3) is 22.2 Å². The third kappa shape index (κ3) is 2.26. The normalized spacial score (nSPS) is 21.3. The number of carbonyl (C=O) groups is 1. The van der Waals surface area contributed by atoms with Gasteiger partial charge in [-0.3, -0.25) is 9.69 Å². The van der Waals surface area contributed by atoms with Crippen molar-refractivity contribution in [2.45, 2.75) is 6.42 Å². The number of pyridine rings is 1. The van der Waals surface area contributed by atoms with Crippen LogP contribution >= 0.6 is 23.2 Å². The van der Waals surface area contributed by atoms with E-state index in [9.17, 15) is 4.79 Å². The molecule has 1 saturated heterocycles. The molecule has 2 fully saturated rings. The van der Waals surface area contributed by atoms with Gasteiger partial charge in [0.1, 0.15) is 23.2 Å². The average molecular weight is 386 g/mol. The second-order valence-electron chi connectivity index (χ2n) is 6.64. The van der Waals surface area contributed by atoms with E-state index in [4.69, 9.17) is 28.9 Å². The number of nitrogens with two attached hydrogens (primary N) is 1. The predicted molar refractivity (Wildman–Crippen MR) is 101 cm³/mol. The predicted octanol–water partition coefficient (Wildman–Crippen LogP) is 3.56. The lowest BCUT2D eigenvalue weighted by Gasteiger charge is -2.19. The molecule has 0 unspecified atom stereocenters. The van der Waals surface area contributed by atoms with Gasteiger partial charge in [0.15, 0.2) is 5.82 Å². The summed E-state index contributed by atoms with van der Waals surface area (Å²) >= 11 is 12.6. The highest BCUT2D eigenvalue weighted by molar-refractivity contribution is 6.44. The van der Waals surface area contributed by atoms with Crippen molar-refractivity contribution in [1.82, 2.24) is 15.0 Å². The minimum atomic E-state index is 0.111. The monoisotopic (exact) mass is 385 g/mol.